The molecule has 1 heterocycles. The van der Waals surface area contributed by atoms with Crippen LogP contribution in [-0.2, 0) is 6.42 Å². The van der Waals surface area contributed by atoms with E-state index in [1.54, 1.807) is 0 Å². The Labute approximate surface area is 172 Å². The Kier molecular flexibility index (Phi) is 6.06. The second-order valence-electron chi connectivity index (χ2n) is 6.15. The summed E-state index contributed by atoms with van der Waals surface area (Å²) in [7, 11) is 0. The third-order valence-electron chi connectivity index (χ3n) is 4.05. The average Bonchev–Trinajstić information content (AvgIpc) is 2.67. The number of nitrogens with zero attached hydrogens (tertiary/aromatic N) is 2. The minimum atomic E-state index is -4.94. The molecule has 160 valence electrons. The summed E-state index contributed by atoms with van der Waals surface area (Å²) >= 11 is 0. The summed E-state index contributed by atoms with van der Waals surface area (Å²) < 4.78 is 84.5. The summed E-state index contributed by atoms with van der Waals surface area (Å²) in [5.41, 5.74) is 0.532. The van der Waals surface area contributed by atoms with Gasteiger partial charge in [0.15, 0.2) is 0 Å². The number of alkyl halides is 6. The smallest absolute Gasteiger partial charge is 0.405 e. The lowest BCUT2D eigenvalue weighted by molar-refractivity contribution is -0.275. The van der Waals surface area contributed by atoms with Crippen LogP contribution in [0.3, 0.4) is 0 Å². The Morgan fingerprint density at radius 3 is 1.84 bits per heavy atom. The van der Waals surface area contributed by atoms with Crippen LogP contribution in [-0.4, -0.2) is 17.7 Å². The lowest BCUT2D eigenvalue weighted by Crippen LogP contribution is -2.18. The number of benzene rings is 2. The quantitative estimate of drug-likeness (QED) is 0.440. The molecule has 2 aromatic carbocycles. The first-order valence-corrected chi connectivity index (χ1v) is 8.63. The van der Waals surface area contributed by atoms with E-state index in [1.807, 2.05) is 6.07 Å². The minimum absolute atomic E-state index is 0.00499. The molecule has 0 saturated heterocycles. The Balaban J connectivity index is 2.11. The highest BCUT2D eigenvalue weighted by Gasteiger charge is 2.33. The molecule has 0 N–H and O–H groups in total. The van der Waals surface area contributed by atoms with Gasteiger partial charge >= 0.3 is 12.7 Å². The van der Waals surface area contributed by atoms with Crippen molar-refractivity contribution in [3.63, 3.8) is 0 Å². The number of para-hydroxylation sites is 2. The maximum atomic E-state index is 12.8. The van der Waals surface area contributed by atoms with E-state index in [4.69, 9.17) is 5.26 Å². The molecule has 0 aliphatic heterocycles. The predicted octanol–water partition coefficient (Wildman–Crippen LogP) is 6.28. The maximum Gasteiger partial charge on any atom is 0.573 e. The maximum absolute atomic E-state index is 12.8. The van der Waals surface area contributed by atoms with Crippen molar-refractivity contribution < 1.29 is 35.8 Å². The molecule has 31 heavy (non-hydrogen) atoms. The van der Waals surface area contributed by atoms with Crippen LogP contribution in [0.15, 0.2) is 60.8 Å². The van der Waals surface area contributed by atoms with Gasteiger partial charge in [-0.3, -0.25) is 4.98 Å². The number of nitriles is 1. The van der Waals surface area contributed by atoms with Gasteiger partial charge in [-0.1, -0.05) is 30.3 Å². The summed E-state index contributed by atoms with van der Waals surface area (Å²) in [6, 6.07) is 13.8. The van der Waals surface area contributed by atoms with E-state index in [0.29, 0.717) is 0 Å². The Morgan fingerprint density at radius 2 is 1.29 bits per heavy atom. The van der Waals surface area contributed by atoms with Crippen molar-refractivity contribution in [1.29, 1.82) is 5.26 Å². The number of hydrogen-bond acceptors (Lipinski definition) is 4. The van der Waals surface area contributed by atoms with Crippen LogP contribution in [0, 0.1) is 11.3 Å². The molecule has 4 nitrogen and oxygen atoms in total. The molecule has 0 aliphatic rings. The van der Waals surface area contributed by atoms with E-state index in [-0.39, 0.29) is 34.4 Å². The Bertz CT molecular complexity index is 1120. The van der Waals surface area contributed by atoms with Crippen molar-refractivity contribution in [1.82, 2.24) is 4.98 Å². The third-order valence-corrected chi connectivity index (χ3v) is 4.05. The zero-order valence-electron chi connectivity index (χ0n) is 15.5. The molecule has 3 aromatic rings. The summed E-state index contributed by atoms with van der Waals surface area (Å²) in [6.45, 7) is 0. The normalized spacial score (nSPS) is 11.6. The molecule has 0 radical (unpaired) electrons. The fraction of sp³-hybridized carbons (Fsp3) is 0.143. The van der Waals surface area contributed by atoms with Crippen LogP contribution in [0.5, 0.6) is 11.5 Å². The van der Waals surface area contributed by atoms with Crippen molar-refractivity contribution in [2.75, 3.05) is 0 Å². The molecule has 0 amide bonds. The molecule has 0 bridgehead atoms. The first-order chi connectivity index (χ1) is 14.6. The third kappa shape index (κ3) is 5.66. The monoisotopic (exact) mass is 438 g/mol. The molecule has 0 atom stereocenters. The molecule has 0 aliphatic carbocycles. The Hall–Kier alpha value is -3.74. The minimum Gasteiger partial charge on any atom is -0.405 e. The van der Waals surface area contributed by atoms with Gasteiger partial charge in [-0.2, -0.15) is 5.26 Å². The number of pyridine rings is 1. The molecular formula is C21H12F6N2O2. The fourth-order valence-electron chi connectivity index (χ4n) is 2.91. The standard InChI is InChI=1S/C21H12F6N2O2/c22-20(23,24)30-18-7-3-1-5-14(18)16-12-29-17(11-13(16)9-10-28)15-6-2-4-8-19(15)31-21(25,26)27/h1-8,11-12H,9H2. The van der Waals surface area contributed by atoms with E-state index in [1.165, 1.54) is 48.7 Å². The summed E-state index contributed by atoms with van der Waals surface area (Å²) in [5.74, 6) is -0.997. The Morgan fingerprint density at radius 1 is 0.774 bits per heavy atom. The molecule has 3 rings (SSSR count). The highest BCUT2D eigenvalue weighted by atomic mass is 19.4. The van der Waals surface area contributed by atoms with Gasteiger partial charge in [-0.25, -0.2) is 0 Å². The zero-order valence-corrected chi connectivity index (χ0v) is 15.5. The number of rotatable bonds is 5. The highest BCUT2D eigenvalue weighted by Crippen LogP contribution is 2.38. The second kappa shape index (κ2) is 8.55. The van der Waals surface area contributed by atoms with E-state index < -0.39 is 24.2 Å². The average molecular weight is 438 g/mol. The molecule has 0 fully saturated rings. The van der Waals surface area contributed by atoms with E-state index in [0.717, 1.165) is 12.1 Å². The van der Waals surface area contributed by atoms with Crippen molar-refractivity contribution in [3.05, 3.63) is 66.4 Å². The summed E-state index contributed by atoms with van der Waals surface area (Å²) in [5, 5.41) is 9.16. The largest absolute Gasteiger partial charge is 0.573 e. The van der Waals surface area contributed by atoms with Crippen molar-refractivity contribution in [2.45, 2.75) is 19.1 Å². The number of halogens is 6. The SMILES string of the molecule is N#CCc1cc(-c2ccccc2OC(F)(F)F)ncc1-c1ccccc1OC(F)(F)F. The van der Waals surface area contributed by atoms with E-state index >= 15 is 0 Å². The van der Waals surface area contributed by atoms with E-state index in [2.05, 4.69) is 14.5 Å². The van der Waals surface area contributed by atoms with Crippen LogP contribution in [0.4, 0.5) is 26.3 Å². The van der Waals surface area contributed by atoms with Gasteiger partial charge in [0, 0.05) is 22.9 Å². The molecule has 0 spiro atoms. The fourth-order valence-corrected chi connectivity index (χ4v) is 2.91. The van der Waals surface area contributed by atoms with Crippen LogP contribution in [0.25, 0.3) is 22.4 Å². The van der Waals surface area contributed by atoms with Crippen LogP contribution in [0.2, 0.25) is 0 Å². The molecule has 0 unspecified atom stereocenters. The molecular weight excluding hydrogens is 426 g/mol. The van der Waals surface area contributed by atoms with Crippen molar-refractivity contribution >= 4 is 0 Å². The van der Waals surface area contributed by atoms with Crippen LogP contribution >= 0.6 is 0 Å². The van der Waals surface area contributed by atoms with Crippen LogP contribution in [0.1, 0.15) is 5.56 Å². The van der Waals surface area contributed by atoms with Gasteiger partial charge in [0.2, 0.25) is 0 Å². The van der Waals surface area contributed by atoms with Crippen LogP contribution < -0.4 is 9.47 Å². The first-order valence-electron chi connectivity index (χ1n) is 8.63. The van der Waals surface area contributed by atoms with Gasteiger partial charge in [-0.05, 0) is 29.8 Å². The number of aromatic nitrogens is 1. The van der Waals surface area contributed by atoms with Gasteiger partial charge in [-0.15, -0.1) is 26.3 Å². The van der Waals surface area contributed by atoms with Gasteiger partial charge in [0.25, 0.3) is 0 Å². The lowest BCUT2D eigenvalue weighted by atomic mass is 9.97. The summed E-state index contributed by atoms with van der Waals surface area (Å²) in [4.78, 5) is 4.10. The van der Waals surface area contributed by atoms with Gasteiger partial charge < -0.3 is 9.47 Å². The predicted molar refractivity (Wildman–Crippen MR) is 97.8 cm³/mol. The highest BCUT2D eigenvalue weighted by molar-refractivity contribution is 5.76. The van der Waals surface area contributed by atoms with Crippen molar-refractivity contribution in [2.24, 2.45) is 0 Å². The molecule has 10 heteroatoms. The lowest BCUT2D eigenvalue weighted by Gasteiger charge is -2.16. The van der Waals surface area contributed by atoms with Gasteiger partial charge in [0.1, 0.15) is 11.5 Å². The molecule has 0 saturated carbocycles. The van der Waals surface area contributed by atoms with E-state index in [9.17, 15) is 26.3 Å². The summed E-state index contributed by atoms with van der Waals surface area (Å²) in [6.07, 6.45) is -8.91. The topological polar surface area (TPSA) is 55.1 Å². The number of hydrogen-bond donors (Lipinski definition) is 0. The van der Waals surface area contributed by atoms with Gasteiger partial charge in [0.05, 0.1) is 18.2 Å². The zero-order chi connectivity index (χ0) is 22.6. The second-order valence-corrected chi connectivity index (χ2v) is 6.15. The number of ether oxygens (including phenoxy) is 2. The first kappa shape index (κ1) is 22.0. The van der Waals surface area contributed by atoms with Crippen molar-refractivity contribution in [3.8, 4) is 40.0 Å². The molecule has 1 aromatic heterocycles.